The van der Waals surface area contributed by atoms with Gasteiger partial charge in [0.15, 0.2) is 5.82 Å². The van der Waals surface area contributed by atoms with E-state index < -0.39 is 0 Å². The molecule has 0 aliphatic carbocycles. The molecule has 0 bridgehead atoms. The monoisotopic (exact) mass is 511 g/mol. The maximum atomic E-state index is 5.25. The Morgan fingerprint density at radius 1 is 0.450 bits per heavy atom. The highest BCUT2D eigenvalue weighted by Crippen LogP contribution is 2.38. The Balaban J connectivity index is 1.46. The summed E-state index contributed by atoms with van der Waals surface area (Å²) in [6, 6.07) is 47.1. The molecular weight excluding hydrogens is 486 g/mol. The number of para-hydroxylation sites is 1. The highest BCUT2D eigenvalue weighted by atomic mass is 15.0. The van der Waals surface area contributed by atoms with E-state index in [9.17, 15) is 0 Å². The van der Waals surface area contributed by atoms with Gasteiger partial charge in [0.05, 0.1) is 16.7 Å². The zero-order valence-electron chi connectivity index (χ0n) is 22.0. The second-order valence-electron chi connectivity index (χ2n) is 10.4. The van der Waals surface area contributed by atoms with E-state index >= 15 is 0 Å². The number of rotatable bonds is 3. The van der Waals surface area contributed by atoms with E-state index in [1.807, 2.05) is 12.1 Å². The summed E-state index contributed by atoms with van der Waals surface area (Å²) in [5.41, 5.74) is 9.85. The number of pyridine rings is 1. The molecule has 0 saturated carbocycles. The SMILES string of the molecule is Cc1ccc2c3ccccc3n3c(cc4c(-c5ccccc5)nc(-c5ccc(-c6ccccc6)cc5)nc43)c2c1. The van der Waals surface area contributed by atoms with Crippen molar-refractivity contribution in [2.45, 2.75) is 6.92 Å². The third kappa shape index (κ3) is 3.52. The Hall–Kier alpha value is -5.28. The lowest BCUT2D eigenvalue weighted by Gasteiger charge is -2.11. The van der Waals surface area contributed by atoms with Gasteiger partial charge in [-0.25, -0.2) is 9.97 Å². The van der Waals surface area contributed by atoms with E-state index in [4.69, 9.17) is 9.97 Å². The first-order valence-electron chi connectivity index (χ1n) is 13.6. The van der Waals surface area contributed by atoms with Crippen molar-refractivity contribution in [2.75, 3.05) is 0 Å². The summed E-state index contributed by atoms with van der Waals surface area (Å²) in [5, 5.41) is 4.75. The summed E-state index contributed by atoms with van der Waals surface area (Å²) < 4.78 is 2.32. The van der Waals surface area contributed by atoms with Crippen LogP contribution in [0.15, 0.2) is 133 Å². The molecule has 188 valence electrons. The molecule has 0 N–H and O–H groups in total. The minimum Gasteiger partial charge on any atom is -0.293 e. The number of benzene rings is 5. The van der Waals surface area contributed by atoms with Crippen LogP contribution in [-0.4, -0.2) is 14.4 Å². The molecule has 8 aromatic rings. The number of aromatic nitrogens is 3. The fraction of sp³-hybridized carbons (Fsp3) is 0.0270. The largest absolute Gasteiger partial charge is 0.293 e. The van der Waals surface area contributed by atoms with Gasteiger partial charge in [-0.1, -0.05) is 121 Å². The molecule has 0 saturated heterocycles. The maximum Gasteiger partial charge on any atom is 0.162 e. The van der Waals surface area contributed by atoms with E-state index in [1.54, 1.807) is 0 Å². The quantitative estimate of drug-likeness (QED) is 0.221. The van der Waals surface area contributed by atoms with Crippen molar-refractivity contribution < 1.29 is 0 Å². The van der Waals surface area contributed by atoms with Gasteiger partial charge in [0.1, 0.15) is 5.65 Å². The van der Waals surface area contributed by atoms with Gasteiger partial charge in [-0.05, 0) is 41.6 Å². The lowest BCUT2D eigenvalue weighted by atomic mass is 10.0. The normalized spacial score (nSPS) is 11.6. The minimum atomic E-state index is 0.722. The van der Waals surface area contributed by atoms with Gasteiger partial charge in [-0.15, -0.1) is 0 Å². The van der Waals surface area contributed by atoms with Crippen LogP contribution in [-0.2, 0) is 0 Å². The molecule has 0 spiro atoms. The average molecular weight is 512 g/mol. The van der Waals surface area contributed by atoms with Gasteiger partial charge >= 0.3 is 0 Å². The summed E-state index contributed by atoms with van der Waals surface area (Å²) in [6.07, 6.45) is 0. The molecule has 0 amide bonds. The highest BCUT2D eigenvalue weighted by Gasteiger charge is 2.19. The molecule has 0 atom stereocenters. The highest BCUT2D eigenvalue weighted by molar-refractivity contribution is 6.16. The Morgan fingerprint density at radius 2 is 1.10 bits per heavy atom. The summed E-state index contributed by atoms with van der Waals surface area (Å²) in [6.45, 7) is 2.15. The number of aryl methyl sites for hydroxylation is 1. The Kier molecular flexibility index (Phi) is 5.04. The average Bonchev–Trinajstić information content (AvgIpc) is 3.42. The van der Waals surface area contributed by atoms with Crippen LogP contribution < -0.4 is 0 Å². The number of fused-ring (bicyclic) bond motifs is 8. The maximum absolute atomic E-state index is 5.25. The lowest BCUT2D eigenvalue weighted by molar-refractivity contribution is 1.18. The molecule has 5 aromatic carbocycles. The molecule has 0 fully saturated rings. The van der Waals surface area contributed by atoms with Crippen LogP contribution in [0.4, 0.5) is 0 Å². The van der Waals surface area contributed by atoms with Crippen molar-refractivity contribution >= 4 is 38.2 Å². The third-order valence-electron chi connectivity index (χ3n) is 7.84. The van der Waals surface area contributed by atoms with Crippen molar-refractivity contribution in [2.24, 2.45) is 0 Å². The predicted molar refractivity (Wildman–Crippen MR) is 167 cm³/mol. The Bertz CT molecular complexity index is 2190. The molecule has 3 aromatic heterocycles. The van der Waals surface area contributed by atoms with E-state index in [0.717, 1.165) is 44.7 Å². The smallest absolute Gasteiger partial charge is 0.162 e. The second kappa shape index (κ2) is 8.89. The van der Waals surface area contributed by atoms with Crippen molar-refractivity contribution in [3.63, 3.8) is 0 Å². The van der Waals surface area contributed by atoms with Gasteiger partial charge in [-0.2, -0.15) is 0 Å². The van der Waals surface area contributed by atoms with Crippen LogP contribution in [0.3, 0.4) is 0 Å². The standard InChI is InChI=1S/C37H25N3/c1-24-16-21-29-30-14-8-9-15-33(30)40-34(31(29)22-24)23-32-35(27-12-6-3-7-13-27)38-36(39-37(32)40)28-19-17-26(18-20-28)25-10-4-2-5-11-25/h2-23H,1H3. The number of nitrogens with zero attached hydrogens (tertiary/aromatic N) is 3. The molecule has 0 radical (unpaired) electrons. The van der Waals surface area contributed by atoms with Crippen molar-refractivity contribution in [3.05, 3.63) is 139 Å². The molecule has 8 rings (SSSR count). The van der Waals surface area contributed by atoms with Crippen LogP contribution >= 0.6 is 0 Å². The topological polar surface area (TPSA) is 30.2 Å². The first-order valence-corrected chi connectivity index (χ1v) is 13.6. The minimum absolute atomic E-state index is 0.722. The summed E-state index contributed by atoms with van der Waals surface area (Å²) >= 11 is 0. The van der Waals surface area contributed by atoms with Crippen molar-refractivity contribution in [3.8, 4) is 33.8 Å². The van der Waals surface area contributed by atoms with Crippen molar-refractivity contribution in [1.82, 2.24) is 14.4 Å². The van der Waals surface area contributed by atoms with E-state index in [0.29, 0.717) is 0 Å². The number of hydrogen-bond donors (Lipinski definition) is 0. The van der Waals surface area contributed by atoms with E-state index in [1.165, 1.54) is 32.8 Å². The van der Waals surface area contributed by atoms with E-state index in [-0.39, 0.29) is 0 Å². The van der Waals surface area contributed by atoms with Crippen LogP contribution in [0.1, 0.15) is 5.56 Å². The fourth-order valence-electron chi connectivity index (χ4n) is 5.91. The molecule has 3 heteroatoms. The first kappa shape index (κ1) is 22.7. The third-order valence-corrected chi connectivity index (χ3v) is 7.84. The van der Waals surface area contributed by atoms with Gasteiger partial charge in [-0.3, -0.25) is 4.40 Å². The molecule has 3 nitrogen and oxygen atoms in total. The second-order valence-corrected chi connectivity index (χ2v) is 10.4. The van der Waals surface area contributed by atoms with Gasteiger partial charge < -0.3 is 0 Å². The summed E-state index contributed by atoms with van der Waals surface area (Å²) in [7, 11) is 0. The van der Waals surface area contributed by atoms with Crippen LogP contribution in [0.2, 0.25) is 0 Å². The Labute approximate surface area is 232 Å². The first-order chi connectivity index (χ1) is 19.7. The zero-order chi connectivity index (χ0) is 26.6. The van der Waals surface area contributed by atoms with Crippen LogP contribution in [0, 0.1) is 6.92 Å². The molecule has 0 aliphatic rings. The lowest BCUT2D eigenvalue weighted by Crippen LogP contribution is -1.97. The number of hydrogen-bond acceptors (Lipinski definition) is 2. The van der Waals surface area contributed by atoms with Gasteiger partial charge in [0.25, 0.3) is 0 Å². The molecule has 0 unspecified atom stereocenters. The zero-order valence-corrected chi connectivity index (χ0v) is 22.0. The molecular formula is C37H25N3. The summed E-state index contributed by atoms with van der Waals surface area (Å²) in [4.78, 5) is 10.4. The van der Waals surface area contributed by atoms with Crippen LogP contribution in [0.25, 0.3) is 72.0 Å². The van der Waals surface area contributed by atoms with Crippen LogP contribution in [0.5, 0.6) is 0 Å². The van der Waals surface area contributed by atoms with Gasteiger partial charge in [0.2, 0.25) is 0 Å². The predicted octanol–water partition coefficient (Wildman–Crippen LogP) is 9.50. The molecule has 0 aliphatic heterocycles. The van der Waals surface area contributed by atoms with E-state index in [2.05, 4.69) is 133 Å². The molecule has 40 heavy (non-hydrogen) atoms. The molecule has 3 heterocycles. The van der Waals surface area contributed by atoms with Gasteiger partial charge in [0, 0.05) is 27.3 Å². The Morgan fingerprint density at radius 3 is 1.88 bits per heavy atom. The summed E-state index contributed by atoms with van der Waals surface area (Å²) in [5.74, 6) is 0.722. The van der Waals surface area contributed by atoms with Crippen molar-refractivity contribution in [1.29, 1.82) is 0 Å². The fourth-order valence-corrected chi connectivity index (χ4v) is 5.91.